The third-order valence-electron chi connectivity index (χ3n) is 2.26. The van der Waals surface area contributed by atoms with E-state index in [9.17, 15) is 4.79 Å². The summed E-state index contributed by atoms with van der Waals surface area (Å²) < 4.78 is 0. The van der Waals surface area contributed by atoms with E-state index in [1.807, 2.05) is 0 Å². The molecule has 3 nitrogen and oxygen atoms in total. The number of hydrazine groups is 1. The van der Waals surface area contributed by atoms with Gasteiger partial charge in [0.05, 0.1) is 0 Å². The molecule has 0 aromatic rings. The van der Waals surface area contributed by atoms with Crippen LogP contribution in [0.5, 0.6) is 0 Å². The molecule has 0 atom stereocenters. The minimum Gasteiger partial charge on any atom is -0.274 e. The van der Waals surface area contributed by atoms with Crippen molar-refractivity contribution in [1.82, 2.24) is 10.4 Å². The summed E-state index contributed by atoms with van der Waals surface area (Å²) in [5.74, 6) is -0.0278. The largest absolute Gasteiger partial charge is 0.274 e. The first-order valence-electron chi connectivity index (χ1n) is 5.93. The molecule has 0 bridgehead atoms. The van der Waals surface area contributed by atoms with Gasteiger partial charge in [-0.15, -0.1) is 0 Å². The maximum atomic E-state index is 11.4. The summed E-state index contributed by atoms with van der Waals surface area (Å²) >= 11 is 0. The average Bonchev–Trinajstić information content (AvgIpc) is 2.27. The van der Waals surface area contributed by atoms with Crippen molar-refractivity contribution in [3.05, 3.63) is 12.7 Å². The number of rotatable bonds is 9. The lowest BCUT2D eigenvalue weighted by atomic mass is 10.2. The van der Waals surface area contributed by atoms with Crippen LogP contribution in [-0.2, 0) is 4.79 Å². The van der Waals surface area contributed by atoms with Gasteiger partial charge < -0.3 is 0 Å². The first-order chi connectivity index (χ1) is 7.26. The molecule has 0 aromatic heterocycles. The fourth-order valence-electron chi connectivity index (χ4n) is 1.28. The van der Waals surface area contributed by atoms with Crippen LogP contribution in [0.1, 0.15) is 46.0 Å². The number of hydrogen-bond donors (Lipinski definition) is 1. The molecule has 0 spiro atoms. The molecule has 0 unspecified atom stereocenters. The lowest BCUT2D eigenvalue weighted by Gasteiger charge is -2.21. The second-order valence-corrected chi connectivity index (χ2v) is 3.66. The molecule has 0 heterocycles. The number of amides is 1. The van der Waals surface area contributed by atoms with Crippen LogP contribution in [0.3, 0.4) is 0 Å². The van der Waals surface area contributed by atoms with Gasteiger partial charge in [0.15, 0.2) is 0 Å². The zero-order chi connectivity index (χ0) is 11.5. The monoisotopic (exact) mass is 212 g/mol. The van der Waals surface area contributed by atoms with Crippen LogP contribution in [0.15, 0.2) is 12.7 Å². The topological polar surface area (TPSA) is 32.3 Å². The van der Waals surface area contributed by atoms with Gasteiger partial charge in [0.2, 0.25) is 0 Å². The van der Waals surface area contributed by atoms with Gasteiger partial charge in [-0.1, -0.05) is 39.7 Å². The molecule has 0 saturated heterocycles. The number of unbranched alkanes of at least 4 members (excludes halogenated alkanes) is 3. The van der Waals surface area contributed by atoms with Crippen LogP contribution < -0.4 is 5.43 Å². The summed E-state index contributed by atoms with van der Waals surface area (Å²) in [7, 11) is 0. The van der Waals surface area contributed by atoms with Crippen LogP contribution in [-0.4, -0.2) is 24.0 Å². The summed E-state index contributed by atoms with van der Waals surface area (Å²) in [5, 5.41) is 1.67. The van der Waals surface area contributed by atoms with Crippen molar-refractivity contribution in [2.75, 3.05) is 13.1 Å². The van der Waals surface area contributed by atoms with E-state index < -0.39 is 0 Å². The smallest absolute Gasteiger partial charge is 0.260 e. The fourth-order valence-corrected chi connectivity index (χ4v) is 1.28. The molecule has 3 heteroatoms. The number of carbonyl (C=O) groups is 1. The molecule has 0 aliphatic carbocycles. The van der Waals surface area contributed by atoms with Crippen LogP contribution in [0.2, 0.25) is 0 Å². The fraction of sp³-hybridized carbons (Fsp3) is 0.750. The first-order valence-corrected chi connectivity index (χ1v) is 5.93. The maximum Gasteiger partial charge on any atom is 0.260 e. The van der Waals surface area contributed by atoms with E-state index in [0.29, 0.717) is 0 Å². The average molecular weight is 212 g/mol. The van der Waals surface area contributed by atoms with E-state index in [4.69, 9.17) is 0 Å². The summed E-state index contributed by atoms with van der Waals surface area (Å²) in [5.41, 5.74) is 3.15. The van der Waals surface area contributed by atoms with Crippen molar-refractivity contribution in [2.24, 2.45) is 0 Å². The quantitative estimate of drug-likeness (QED) is 0.362. The highest BCUT2D eigenvalue weighted by molar-refractivity contribution is 5.86. The van der Waals surface area contributed by atoms with Gasteiger partial charge in [-0.3, -0.25) is 9.80 Å². The molecule has 0 aromatic carbocycles. The van der Waals surface area contributed by atoms with E-state index in [-0.39, 0.29) is 5.91 Å². The Kier molecular flexibility index (Phi) is 9.18. The van der Waals surface area contributed by atoms with Crippen molar-refractivity contribution in [1.29, 1.82) is 0 Å². The molecule has 0 aliphatic heterocycles. The van der Waals surface area contributed by atoms with E-state index in [0.717, 1.165) is 32.4 Å². The van der Waals surface area contributed by atoms with Crippen molar-refractivity contribution >= 4 is 5.91 Å². The van der Waals surface area contributed by atoms with Crippen LogP contribution in [0, 0.1) is 0 Å². The van der Waals surface area contributed by atoms with Gasteiger partial charge in [0.1, 0.15) is 0 Å². The van der Waals surface area contributed by atoms with Crippen LogP contribution in [0.25, 0.3) is 0 Å². The number of carbonyl (C=O) groups excluding carboxylic acids is 1. The molecule has 15 heavy (non-hydrogen) atoms. The van der Waals surface area contributed by atoms with Gasteiger partial charge in [0, 0.05) is 13.1 Å². The van der Waals surface area contributed by atoms with Crippen molar-refractivity contribution < 1.29 is 4.79 Å². The lowest BCUT2D eigenvalue weighted by molar-refractivity contribution is -0.129. The molecule has 1 amide bonds. The predicted molar refractivity (Wildman–Crippen MR) is 64.3 cm³/mol. The summed E-state index contributed by atoms with van der Waals surface area (Å²) in [6.07, 6.45) is 7.01. The molecule has 0 fully saturated rings. The zero-order valence-electron chi connectivity index (χ0n) is 10.1. The summed E-state index contributed by atoms with van der Waals surface area (Å²) in [6.45, 7) is 9.44. The number of hydrogen-bond acceptors (Lipinski definition) is 2. The summed E-state index contributed by atoms with van der Waals surface area (Å²) in [6, 6.07) is 0. The van der Waals surface area contributed by atoms with E-state index in [1.165, 1.54) is 18.9 Å². The molecule has 0 radical (unpaired) electrons. The highest BCUT2D eigenvalue weighted by Gasteiger charge is 2.07. The van der Waals surface area contributed by atoms with Gasteiger partial charge in [-0.25, -0.2) is 5.43 Å². The van der Waals surface area contributed by atoms with Crippen molar-refractivity contribution in [3.63, 3.8) is 0 Å². The first kappa shape index (κ1) is 14.2. The van der Waals surface area contributed by atoms with Crippen LogP contribution >= 0.6 is 0 Å². The van der Waals surface area contributed by atoms with E-state index >= 15 is 0 Å². The van der Waals surface area contributed by atoms with Gasteiger partial charge in [-0.2, -0.15) is 0 Å². The highest BCUT2D eigenvalue weighted by atomic mass is 16.2. The van der Waals surface area contributed by atoms with Crippen molar-refractivity contribution in [3.8, 4) is 0 Å². The van der Waals surface area contributed by atoms with E-state index in [1.54, 1.807) is 5.01 Å². The highest BCUT2D eigenvalue weighted by Crippen LogP contribution is 1.96. The number of nitrogens with one attached hydrogen (secondary N) is 1. The normalized spacial score (nSPS) is 10.0. The lowest BCUT2D eigenvalue weighted by Crippen LogP contribution is -2.43. The maximum absolute atomic E-state index is 11.4. The Hall–Kier alpha value is -0.830. The molecular weight excluding hydrogens is 188 g/mol. The Balaban J connectivity index is 3.79. The third-order valence-corrected chi connectivity index (χ3v) is 2.26. The Morgan fingerprint density at radius 1 is 1.27 bits per heavy atom. The Morgan fingerprint density at radius 3 is 2.47 bits per heavy atom. The molecule has 0 aliphatic rings. The molecule has 1 N–H and O–H groups in total. The molecule has 0 saturated carbocycles. The minimum atomic E-state index is -0.0278. The Labute approximate surface area is 93.5 Å². The van der Waals surface area contributed by atoms with E-state index in [2.05, 4.69) is 25.9 Å². The van der Waals surface area contributed by atoms with Crippen LogP contribution in [0.4, 0.5) is 0 Å². The third kappa shape index (κ3) is 7.14. The standard InChI is InChI=1S/C12H24N2O/c1-4-7-9-10-13-14(11-8-5-2)12(15)6-3/h6,13H,3-5,7-11H2,1-2H3. The second-order valence-electron chi connectivity index (χ2n) is 3.66. The van der Waals surface area contributed by atoms with Gasteiger partial charge in [-0.05, 0) is 18.9 Å². The Morgan fingerprint density at radius 2 is 1.93 bits per heavy atom. The Bertz CT molecular complexity index is 180. The summed E-state index contributed by atoms with van der Waals surface area (Å²) in [4.78, 5) is 11.4. The van der Waals surface area contributed by atoms with Gasteiger partial charge in [0.25, 0.3) is 5.91 Å². The minimum absolute atomic E-state index is 0.0278. The molecular formula is C12H24N2O. The second kappa shape index (κ2) is 9.71. The number of nitrogens with zero attached hydrogens (tertiary/aromatic N) is 1. The molecule has 0 rings (SSSR count). The van der Waals surface area contributed by atoms with Gasteiger partial charge >= 0.3 is 0 Å². The zero-order valence-corrected chi connectivity index (χ0v) is 10.1. The van der Waals surface area contributed by atoms with Crippen molar-refractivity contribution in [2.45, 2.75) is 46.0 Å². The molecule has 88 valence electrons. The SMILES string of the molecule is C=CC(=O)N(CCCC)NCCCCC. The predicted octanol–water partition coefficient (Wildman–Crippen LogP) is 2.50.